The summed E-state index contributed by atoms with van der Waals surface area (Å²) in [6, 6.07) is 4.55. The zero-order valence-electron chi connectivity index (χ0n) is 9.27. The summed E-state index contributed by atoms with van der Waals surface area (Å²) in [5, 5.41) is 8.61. The molecule has 17 heavy (non-hydrogen) atoms. The Balaban J connectivity index is 2.41. The minimum atomic E-state index is -1.48. The van der Waals surface area contributed by atoms with Crippen LogP contribution in [0.5, 0.6) is 0 Å². The molecule has 0 aliphatic carbocycles. The number of anilines is 1. The average molecular weight is 233 g/mol. The summed E-state index contributed by atoms with van der Waals surface area (Å²) >= 11 is 0. The van der Waals surface area contributed by atoms with Crippen molar-refractivity contribution >= 4 is 23.3 Å². The number of ketones is 1. The summed E-state index contributed by atoms with van der Waals surface area (Å²) < 4.78 is 0. The molecule has 88 valence electrons. The Morgan fingerprint density at radius 3 is 2.71 bits per heavy atom. The van der Waals surface area contributed by atoms with Crippen LogP contribution < -0.4 is 4.90 Å². The fraction of sp³-hybridized carbons (Fsp3) is 0.250. The Labute approximate surface area is 97.7 Å². The van der Waals surface area contributed by atoms with Crippen LogP contribution in [0.3, 0.4) is 0 Å². The van der Waals surface area contributed by atoms with E-state index in [0.29, 0.717) is 12.1 Å². The maximum atomic E-state index is 11.6. The van der Waals surface area contributed by atoms with Gasteiger partial charge < -0.3 is 10.0 Å². The summed E-state index contributed by atoms with van der Waals surface area (Å²) in [6.45, 7) is 2.43. The third kappa shape index (κ3) is 1.80. The van der Waals surface area contributed by atoms with E-state index in [0.717, 1.165) is 5.69 Å². The molecule has 5 nitrogen and oxygen atoms in total. The lowest BCUT2D eigenvalue weighted by Crippen LogP contribution is -2.25. The van der Waals surface area contributed by atoms with E-state index in [9.17, 15) is 14.4 Å². The standard InChI is InChI=1S/C12H11NO4/c1-2-13-9-4-3-7(11(15)12(16)17)5-8(9)6-10(13)14/h3-5H,2,6H2,1H3,(H,16,17). The number of fused-ring (bicyclic) bond motifs is 1. The van der Waals surface area contributed by atoms with Crippen molar-refractivity contribution in [3.8, 4) is 0 Å². The number of Topliss-reactive ketones (excluding diaryl/α,β-unsaturated/α-hetero) is 1. The third-order valence-corrected chi connectivity index (χ3v) is 2.79. The highest BCUT2D eigenvalue weighted by molar-refractivity contribution is 6.40. The molecule has 0 radical (unpaired) electrons. The van der Waals surface area contributed by atoms with Crippen LogP contribution in [0, 0.1) is 0 Å². The molecule has 0 aromatic heterocycles. The first-order chi connectivity index (χ1) is 8.04. The van der Waals surface area contributed by atoms with Crippen LogP contribution in [0.15, 0.2) is 18.2 Å². The van der Waals surface area contributed by atoms with Crippen LogP contribution in [0.25, 0.3) is 0 Å². The van der Waals surface area contributed by atoms with E-state index >= 15 is 0 Å². The van der Waals surface area contributed by atoms with Gasteiger partial charge in [0.25, 0.3) is 5.78 Å². The van der Waals surface area contributed by atoms with E-state index in [2.05, 4.69) is 0 Å². The van der Waals surface area contributed by atoms with Crippen molar-refractivity contribution in [2.45, 2.75) is 13.3 Å². The molecule has 0 atom stereocenters. The van der Waals surface area contributed by atoms with Gasteiger partial charge in [0, 0.05) is 17.8 Å². The Kier molecular flexibility index (Phi) is 2.67. The predicted molar refractivity (Wildman–Crippen MR) is 60.1 cm³/mol. The van der Waals surface area contributed by atoms with Gasteiger partial charge >= 0.3 is 5.97 Å². The van der Waals surface area contributed by atoms with E-state index in [1.807, 2.05) is 6.92 Å². The van der Waals surface area contributed by atoms with Crippen molar-refractivity contribution in [2.75, 3.05) is 11.4 Å². The number of carbonyl (C=O) groups is 3. The highest BCUT2D eigenvalue weighted by Gasteiger charge is 2.27. The van der Waals surface area contributed by atoms with Gasteiger partial charge in [-0.25, -0.2) is 4.79 Å². The van der Waals surface area contributed by atoms with Crippen molar-refractivity contribution in [2.24, 2.45) is 0 Å². The maximum Gasteiger partial charge on any atom is 0.377 e. The van der Waals surface area contributed by atoms with Gasteiger partial charge in [-0.3, -0.25) is 9.59 Å². The lowest BCUT2D eigenvalue weighted by atomic mass is 10.1. The van der Waals surface area contributed by atoms with E-state index in [4.69, 9.17) is 5.11 Å². The van der Waals surface area contributed by atoms with Gasteiger partial charge in [-0.2, -0.15) is 0 Å². The molecule has 0 bridgehead atoms. The third-order valence-electron chi connectivity index (χ3n) is 2.79. The molecular weight excluding hydrogens is 222 g/mol. The SMILES string of the molecule is CCN1C(=O)Cc2cc(C(=O)C(=O)O)ccc21. The summed E-state index contributed by atoms with van der Waals surface area (Å²) in [5.74, 6) is -2.46. The molecule has 5 heteroatoms. The number of aliphatic carboxylic acids is 1. The minimum absolute atomic E-state index is 0.0255. The summed E-state index contributed by atoms with van der Waals surface area (Å²) in [7, 11) is 0. The van der Waals surface area contributed by atoms with Gasteiger partial charge in [-0.05, 0) is 30.7 Å². The van der Waals surface area contributed by atoms with Crippen molar-refractivity contribution in [3.05, 3.63) is 29.3 Å². The van der Waals surface area contributed by atoms with Crippen LogP contribution in [0.1, 0.15) is 22.8 Å². The maximum absolute atomic E-state index is 11.6. The number of benzene rings is 1. The smallest absolute Gasteiger partial charge is 0.377 e. The molecule has 1 aliphatic heterocycles. The van der Waals surface area contributed by atoms with E-state index in [-0.39, 0.29) is 17.9 Å². The van der Waals surface area contributed by atoms with Crippen molar-refractivity contribution in [1.29, 1.82) is 0 Å². The number of nitrogens with zero attached hydrogens (tertiary/aromatic N) is 1. The molecule has 1 aromatic rings. The summed E-state index contributed by atoms with van der Waals surface area (Å²) in [4.78, 5) is 35.1. The first-order valence-electron chi connectivity index (χ1n) is 5.25. The molecule has 1 N–H and O–H groups in total. The Hall–Kier alpha value is -2.17. The minimum Gasteiger partial charge on any atom is -0.475 e. The van der Waals surface area contributed by atoms with Crippen molar-refractivity contribution in [1.82, 2.24) is 0 Å². The van der Waals surface area contributed by atoms with Gasteiger partial charge in [0.1, 0.15) is 0 Å². The Morgan fingerprint density at radius 1 is 1.41 bits per heavy atom. The van der Waals surface area contributed by atoms with Gasteiger partial charge in [-0.1, -0.05) is 0 Å². The molecule has 0 spiro atoms. The van der Waals surface area contributed by atoms with Gasteiger partial charge in [0.05, 0.1) is 6.42 Å². The second-order valence-corrected chi connectivity index (χ2v) is 3.79. The van der Waals surface area contributed by atoms with Crippen molar-refractivity contribution in [3.63, 3.8) is 0 Å². The van der Waals surface area contributed by atoms with Crippen LogP contribution in [-0.4, -0.2) is 29.3 Å². The first kappa shape index (κ1) is 11.3. The molecule has 0 fully saturated rings. The summed E-state index contributed by atoms with van der Waals surface area (Å²) in [6.07, 6.45) is 0.226. The molecule has 0 saturated heterocycles. The monoisotopic (exact) mass is 233 g/mol. The number of likely N-dealkylation sites (N-methyl/N-ethyl adjacent to an activating group) is 1. The first-order valence-corrected chi connectivity index (χ1v) is 5.25. The zero-order valence-corrected chi connectivity index (χ0v) is 9.27. The quantitative estimate of drug-likeness (QED) is 0.620. The zero-order chi connectivity index (χ0) is 12.6. The second kappa shape index (κ2) is 4.01. The molecule has 2 rings (SSSR count). The average Bonchev–Trinajstić information content (AvgIpc) is 2.61. The van der Waals surface area contributed by atoms with Gasteiger partial charge in [0.15, 0.2) is 0 Å². The van der Waals surface area contributed by atoms with E-state index < -0.39 is 11.8 Å². The molecular formula is C12H11NO4. The van der Waals surface area contributed by atoms with E-state index in [1.165, 1.54) is 12.1 Å². The molecule has 0 unspecified atom stereocenters. The van der Waals surface area contributed by atoms with Crippen LogP contribution in [0.2, 0.25) is 0 Å². The topological polar surface area (TPSA) is 74.7 Å². The predicted octanol–water partition coefficient (Wildman–Crippen LogP) is 0.863. The van der Waals surface area contributed by atoms with Gasteiger partial charge in [0.2, 0.25) is 5.91 Å². The highest BCUT2D eigenvalue weighted by Crippen LogP contribution is 2.29. The fourth-order valence-corrected chi connectivity index (χ4v) is 1.99. The number of hydrogen-bond donors (Lipinski definition) is 1. The normalized spacial score (nSPS) is 13.7. The molecule has 1 aliphatic rings. The fourth-order valence-electron chi connectivity index (χ4n) is 1.99. The number of amides is 1. The van der Waals surface area contributed by atoms with Crippen LogP contribution in [-0.2, 0) is 16.0 Å². The second-order valence-electron chi connectivity index (χ2n) is 3.79. The number of carbonyl (C=O) groups excluding carboxylic acids is 2. The molecule has 1 aromatic carbocycles. The lowest BCUT2D eigenvalue weighted by molar-refractivity contribution is -0.131. The lowest BCUT2D eigenvalue weighted by Gasteiger charge is -2.14. The van der Waals surface area contributed by atoms with Crippen LogP contribution >= 0.6 is 0 Å². The Morgan fingerprint density at radius 2 is 2.12 bits per heavy atom. The van der Waals surface area contributed by atoms with Gasteiger partial charge in [-0.15, -0.1) is 0 Å². The van der Waals surface area contributed by atoms with Crippen LogP contribution in [0.4, 0.5) is 5.69 Å². The summed E-state index contributed by atoms with van der Waals surface area (Å²) in [5.41, 5.74) is 1.59. The number of carboxylic acids is 1. The van der Waals surface area contributed by atoms with E-state index in [1.54, 1.807) is 11.0 Å². The van der Waals surface area contributed by atoms with Crippen molar-refractivity contribution < 1.29 is 19.5 Å². The largest absolute Gasteiger partial charge is 0.475 e. The number of carboxylic acid groups (broad SMARTS) is 1. The number of rotatable bonds is 3. The Bertz CT molecular complexity index is 521. The molecule has 0 saturated carbocycles. The highest BCUT2D eigenvalue weighted by atomic mass is 16.4. The molecule has 1 heterocycles. The number of hydrogen-bond acceptors (Lipinski definition) is 3. The molecule has 1 amide bonds.